The van der Waals surface area contributed by atoms with Crippen molar-refractivity contribution in [2.24, 2.45) is 5.92 Å². The number of nitrogens with zero attached hydrogens (tertiary/aromatic N) is 1. The Kier molecular flexibility index (Phi) is 5.16. The summed E-state index contributed by atoms with van der Waals surface area (Å²) in [5.74, 6) is 0.0574. The van der Waals surface area contributed by atoms with Gasteiger partial charge >= 0.3 is 0 Å². The number of hydrogen-bond acceptors (Lipinski definition) is 4. The van der Waals surface area contributed by atoms with Crippen molar-refractivity contribution >= 4 is 20.0 Å². The second-order valence-electron chi connectivity index (χ2n) is 5.08. The molecule has 0 aromatic heterocycles. The maximum atomic E-state index is 12.0. The van der Waals surface area contributed by atoms with Crippen LogP contribution in [0.1, 0.15) is 26.7 Å². The third-order valence-corrected chi connectivity index (χ3v) is 6.01. The molecule has 1 unspecified atom stereocenters. The smallest absolute Gasteiger partial charge is 0.215 e. The number of rotatable bonds is 5. The summed E-state index contributed by atoms with van der Waals surface area (Å²) in [6.45, 7) is 4.57. The Balaban J connectivity index is 2.62. The van der Waals surface area contributed by atoms with Crippen molar-refractivity contribution in [3.05, 3.63) is 0 Å². The maximum Gasteiger partial charge on any atom is 0.216 e. The lowest BCUT2D eigenvalue weighted by Crippen LogP contribution is -2.45. The van der Waals surface area contributed by atoms with E-state index < -0.39 is 25.3 Å². The fraction of sp³-hybridized carbons (Fsp3) is 1.00. The first-order valence-electron chi connectivity index (χ1n) is 6.06. The van der Waals surface area contributed by atoms with Crippen LogP contribution < -0.4 is 4.72 Å². The minimum atomic E-state index is -3.23. The summed E-state index contributed by atoms with van der Waals surface area (Å²) in [4.78, 5) is 0. The van der Waals surface area contributed by atoms with Crippen molar-refractivity contribution in [3.8, 4) is 0 Å². The third-order valence-electron chi connectivity index (χ3n) is 3.07. The highest BCUT2D eigenvalue weighted by Crippen LogP contribution is 2.20. The summed E-state index contributed by atoms with van der Waals surface area (Å²) in [6.07, 6.45) is 2.74. The van der Waals surface area contributed by atoms with E-state index in [1.165, 1.54) is 4.31 Å². The van der Waals surface area contributed by atoms with Crippen molar-refractivity contribution in [1.82, 2.24) is 9.03 Å². The zero-order valence-corrected chi connectivity index (χ0v) is 12.7. The minimum Gasteiger partial charge on any atom is -0.215 e. The van der Waals surface area contributed by atoms with E-state index >= 15 is 0 Å². The average molecular weight is 298 g/mol. The van der Waals surface area contributed by atoms with E-state index in [1.807, 2.05) is 0 Å². The Morgan fingerprint density at radius 2 is 1.89 bits per heavy atom. The van der Waals surface area contributed by atoms with Gasteiger partial charge in [-0.05, 0) is 32.6 Å². The average Bonchev–Trinajstić information content (AvgIpc) is 2.25. The molecule has 1 fully saturated rings. The third kappa shape index (κ3) is 4.49. The van der Waals surface area contributed by atoms with E-state index in [1.54, 1.807) is 13.8 Å². The van der Waals surface area contributed by atoms with Crippen molar-refractivity contribution in [2.75, 3.05) is 25.9 Å². The molecule has 0 aromatic rings. The Morgan fingerprint density at radius 1 is 1.28 bits per heavy atom. The summed E-state index contributed by atoms with van der Waals surface area (Å²) < 4.78 is 50.0. The molecule has 0 aliphatic carbocycles. The van der Waals surface area contributed by atoms with Gasteiger partial charge < -0.3 is 0 Å². The molecular formula is C10H22N2O4S2. The first-order chi connectivity index (χ1) is 8.13. The molecule has 0 radical (unpaired) electrons. The molecule has 6 nitrogen and oxygen atoms in total. The molecule has 1 atom stereocenters. The predicted molar refractivity (Wildman–Crippen MR) is 71.2 cm³/mol. The van der Waals surface area contributed by atoms with E-state index in [2.05, 4.69) is 4.72 Å². The number of sulfonamides is 2. The molecule has 0 spiro atoms. The van der Waals surface area contributed by atoms with Gasteiger partial charge in [0.2, 0.25) is 20.0 Å². The van der Waals surface area contributed by atoms with Gasteiger partial charge in [-0.15, -0.1) is 0 Å². The van der Waals surface area contributed by atoms with E-state index in [9.17, 15) is 16.8 Å². The van der Waals surface area contributed by atoms with Crippen LogP contribution in [0.5, 0.6) is 0 Å². The SMILES string of the molecule is CC(C)S(=O)(=O)N1CCCC(CNS(C)(=O)=O)C1. The van der Waals surface area contributed by atoms with Gasteiger partial charge in [0.25, 0.3) is 0 Å². The Hall–Kier alpha value is -0.180. The lowest BCUT2D eigenvalue weighted by atomic mass is 10.0. The minimum absolute atomic E-state index is 0.0574. The summed E-state index contributed by atoms with van der Waals surface area (Å²) in [5, 5.41) is -0.431. The molecule has 8 heteroatoms. The standard InChI is InChI=1S/C10H22N2O4S2/c1-9(2)18(15,16)12-6-4-5-10(8-12)7-11-17(3,13)14/h9-11H,4-8H2,1-3H3. The summed E-state index contributed by atoms with van der Waals surface area (Å²) >= 11 is 0. The van der Waals surface area contributed by atoms with E-state index in [-0.39, 0.29) is 5.92 Å². The van der Waals surface area contributed by atoms with Gasteiger partial charge in [-0.2, -0.15) is 0 Å². The molecule has 1 rings (SSSR count). The molecule has 108 valence electrons. The fourth-order valence-electron chi connectivity index (χ4n) is 1.99. The molecule has 1 heterocycles. The lowest BCUT2D eigenvalue weighted by Gasteiger charge is -2.33. The van der Waals surface area contributed by atoms with Crippen molar-refractivity contribution < 1.29 is 16.8 Å². The topological polar surface area (TPSA) is 83.6 Å². The molecular weight excluding hydrogens is 276 g/mol. The van der Waals surface area contributed by atoms with Crippen LogP contribution in [0.3, 0.4) is 0 Å². The van der Waals surface area contributed by atoms with Gasteiger partial charge in [-0.25, -0.2) is 25.9 Å². The number of hydrogen-bond donors (Lipinski definition) is 1. The van der Waals surface area contributed by atoms with Crippen LogP contribution in [-0.4, -0.2) is 52.3 Å². The molecule has 1 N–H and O–H groups in total. The molecule has 0 saturated carbocycles. The molecule has 1 saturated heterocycles. The molecule has 0 amide bonds. The highest BCUT2D eigenvalue weighted by atomic mass is 32.2. The Bertz CT molecular complexity index is 470. The number of nitrogens with one attached hydrogen (secondary N) is 1. The van der Waals surface area contributed by atoms with E-state index in [4.69, 9.17) is 0 Å². The van der Waals surface area contributed by atoms with Gasteiger partial charge in [0.05, 0.1) is 11.5 Å². The highest BCUT2D eigenvalue weighted by molar-refractivity contribution is 7.89. The molecule has 1 aliphatic rings. The van der Waals surface area contributed by atoms with Crippen molar-refractivity contribution in [1.29, 1.82) is 0 Å². The van der Waals surface area contributed by atoms with Crippen LogP contribution in [0.25, 0.3) is 0 Å². The quantitative estimate of drug-likeness (QED) is 0.773. The summed E-state index contributed by atoms with van der Waals surface area (Å²) in [7, 11) is -6.44. The predicted octanol–water partition coefficient (Wildman–Crippen LogP) is -0.0142. The van der Waals surface area contributed by atoms with Crippen LogP contribution in [-0.2, 0) is 20.0 Å². The van der Waals surface area contributed by atoms with Gasteiger partial charge in [-0.3, -0.25) is 0 Å². The Morgan fingerprint density at radius 3 is 2.39 bits per heavy atom. The van der Waals surface area contributed by atoms with Gasteiger partial charge in [-0.1, -0.05) is 0 Å². The van der Waals surface area contributed by atoms with Crippen molar-refractivity contribution in [3.63, 3.8) is 0 Å². The largest absolute Gasteiger partial charge is 0.216 e. The zero-order chi connectivity index (χ0) is 14.0. The van der Waals surface area contributed by atoms with Gasteiger partial charge in [0.1, 0.15) is 0 Å². The molecule has 0 aromatic carbocycles. The zero-order valence-electron chi connectivity index (χ0n) is 11.1. The van der Waals surface area contributed by atoms with E-state index in [0.717, 1.165) is 19.1 Å². The lowest BCUT2D eigenvalue weighted by molar-refractivity contribution is 0.266. The first-order valence-corrected chi connectivity index (χ1v) is 9.46. The molecule has 18 heavy (non-hydrogen) atoms. The normalized spacial score (nSPS) is 23.4. The van der Waals surface area contributed by atoms with Crippen LogP contribution >= 0.6 is 0 Å². The number of piperidine rings is 1. The van der Waals surface area contributed by atoms with Crippen LogP contribution in [0, 0.1) is 5.92 Å². The van der Waals surface area contributed by atoms with Crippen LogP contribution in [0.15, 0.2) is 0 Å². The van der Waals surface area contributed by atoms with Crippen LogP contribution in [0.4, 0.5) is 0 Å². The second kappa shape index (κ2) is 5.85. The molecule has 0 bridgehead atoms. The van der Waals surface area contributed by atoms with Gasteiger partial charge in [0.15, 0.2) is 0 Å². The van der Waals surface area contributed by atoms with Crippen molar-refractivity contribution in [2.45, 2.75) is 31.9 Å². The summed E-state index contributed by atoms with van der Waals surface area (Å²) in [6, 6.07) is 0. The highest BCUT2D eigenvalue weighted by Gasteiger charge is 2.31. The second-order valence-corrected chi connectivity index (χ2v) is 9.40. The van der Waals surface area contributed by atoms with Gasteiger partial charge in [0, 0.05) is 19.6 Å². The Labute approximate surface area is 110 Å². The monoisotopic (exact) mass is 298 g/mol. The van der Waals surface area contributed by atoms with E-state index in [0.29, 0.717) is 19.6 Å². The van der Waals surface area contributed by atoms with Crippen LogP contribution in [0.2, 0.25) is 0 Å². The summed E-state index contributed by atoms with van der Waals surface area (Å²) in [5.41, 5.74) is 0. The maximum absolute atomic E-state index is 12.0. The fourth-order valence-corrected chi connectivity index (χ4v) is 3.93. The first kappa shape index (κ1) is 15.9. The molecule has 1 aliphatic heterocycles.